The summed E-state index contributed by atoms with van der Waals surface area (Å²) >= 11 is 0. The first kappa shape index (κ1) is 16.0. The Labute approximate surface area is 115 Å². The maximum absolute atomic E-state index is 12.1. The fraction of sp³-hybridized carbons (Fsp3) is 0.867. The Hall–Kier alpha value is -1.06. The summed E-state index contributed by atoms with van der Waals surface area (Å²) in [7, 11) is 0. The van der Waals surface area contributed by atoms with Crippen molar-refractivity contribution < 1.29 is 19.1 Å². The van der Waals surface area contributed by atoms with Crippen LogP contribution in [0.5, 0.6) is 0 Å². The van der Waals surface area contributed by atoms with Crippen LogP contribution in [0, 0.1) is 11.8 Å². The van der Waals surface area contributed by atoms with Crippen molar-refractivity contribution in [3.63, 3.8) is 0 Å². The lowest BCUT2D eigenvalue weighted by Crippen LogP contribution is -2.34. The van der Waals surface area contributed by atoms with Gasteiger partial charge in [-0.25, -0.2) is 0 Å². The Kier molecular flexibility index (Phi) is 6.32. The molecule has 4 nitrogen and oxygen atoms in total. The Bertz CT molecular complexity index is 279. The molecule has 0 aromatic carbocycles. The molecule has 1 aliphatic rings. The van der Waals surface area contributed by atoms with E-state index in [0.717, 1.165) is 32.1 Å². The molecule has 0 amide bonds. The van der Waals surface area contributed by atoms with Gasteiger partial charge in [-0.3, -0.25) is 9.59 Å². The van der Waals surface area contributed by atoms with E-state index in [1.807, 2.05) is 27.7 Å². The van der Waals surface area contributed by atoms with Crippen LogP contribution in [0.1, 0.15) is 59.8 Å². The number of hydrogen-bond acceptors (Lipinski definition) is 4. The molecule has 0 aromatic rings. The molecule has 0 aromatic heterocycles. The minimum atomic E-state index is -0.337. The highest BCUT2D eigenvalue weighted by Gasteiger charge is 2.37. The molecule has 110 valence electrons. The summed E-state index contributed by atoms with van der Waals surface area (Å²) < 4.78 is 10.6. The summed E-state index contributed by atoms with van der Waals surface area (Å²) in [6.07, 6.45) is 4.19. The summed E-state index contributed by atoms with van der Waals surface area (Å²) in [6, 6.07) is 0. The molecule has 0 spiro atoms. The van der Waals surface area contributed by atoms with Gasteiger partial charge in [0.25, 0.3) is 0 Å². The van der Waals surface area contributed by atoms with Gasteiger partial charge in [-0.15, -0.1) is 0 Å². The van der Waals surface area contributed by atoms with E-state index in [1.165, 1.54) is 0 Å². The zero-order chi connectivity index (χ0) is 14.4. The number of carbonyl (C=O) groups excluding carboxylic acids is 2. The smallest absolute Gasteiger partial charge is 0.310 e. The molecule has 0 heterocycles. The minimum absolute atomic E-state index is 0.141. The summed E-state index contributed by atoms with van der Waals surface area (Å²) in [5.41, 5.74) is 0. The number of rotatable bonds is 4. The lowest BCUT2D eigenvalue weighted by Gasteiger charge is -2.24. The van der Waals surface area contributed by atoms with Crippen LogP contribution in [-0.2, 0) is 19.1 Å². The van der Waals surface area contributed by atoms with Gasteiger partial charge in [-0.05, 0) is 40.5 Å². The molecule has 0 saturated heterocycles. The fourth-order valence-electron chi connectivity index (χ4n) is 2.51. The topological polar surface area (TPSA) is 52.6 Å². The zero-order valence-corrected chi connectivity index (χ0v) is 12.5. The molecule has 2 atom stereocenters. The zero-order valence-electron chi connectivity index (χ0n) is 12.5. The van der Waals surface area contributed by atoms with Gasteiger partial charge in [0.1, 0.15) is 0 Å². The molecule has 0 bridgehead atoms. The summed E-state index contributed by atoms with van der Waals surface area (Å²) in [5, 5.41) is 0. The average Bonchev–Trinajstić information content (AvgIpc) is 2.51. The van der Waals surface area contributed by atoms with Crippen molar-refractivity contribution >= 4 is 11.9 Å². The van der Waals surface area contributed by atoms with Gasteiger partial charge in [0.15, 0.2) is 0 Å². The first-order valence-corrected chi connectivity index (χ1v) is 7.32. The molecule has 1 aliphatic carbocycles. The van der Waals surface area contributed by atoms with Crippen molar-refractivity contribution in [2.45, 2.75) is 72.0 Å². The number of hydrogen-bond donors (Lipinski definition) is 0. The van der Waals surface area contributed by atoms with E-state index in [0.29, 0.717) is 0 Å². The lowest BCUT2D eigenvalue weighted by molar-refractivity contribution is -0.165. The maximum atomic E-state index is 12.1. The van der Waals surface area contributed by atoms with Crippen molar-refractivity contribution in [1.82, 2.24) is 0 Å². The van der Waals surface area contributed by atoms with E-state index in [9.17, 15) is 9.59 Å². The fourth-order valence-corrected chi connectivity index (χ4v) is 2.51. The van der Waals surface area contributed by atoms with E-state index in [1.54, 1.807) is 0 Å². The maximum Gasteiger partial charge on any atom is 0.310 e. The highest BCUT2D eigenvalue weighted by atomic mass is 16.6. The van der Waals surface area contributed by atoms with Gasteiger partial charge in [-0.1, -0.05) is 19.3 Å². The molecule has 1 saturated carbocycles. The van der Waals surface area contributed by atoms with Crippen molar-refractivity contribution in [2.75, 3.05) is 0 Å². The largest absolute Gasteiger partial charge is 0.463 e. The Morgan fingerprint density at radius 3 is 1.47 bits per heavy atom. The second kappa shape index (κ2) is 7.51. The predicted molar refractivity (Wildman–Crippen MR) is 72.5 cm³/mol. The van der Waals surface area contributed by atoms with Crippen molar-refractivity contribution in [3.8, 4) is 0 Å². The minimum Gasteiger partial charge on any atom is -0.463 e. The van der Waals surface area contributed by atoms with Crippen LogP contribution in [0.25, 0.3) is 0 Å². The lowest BCUT2D eigenvalue weighted by atomic mass is 9.88. The van der Waals surface area contributed by atoms with E-state index >= 15 is 0 Å². The van der Waals surface area contributed by atoms with Crippen molar-refractivity contribution in [1.29, 1.82) is 0 Å². The molecule has 1 rings (SSSR count). The van der Waals surface area contributed by atoms with Gasteiger partial charge in [0.05, 0.1) is 24.0 Å². The van der Waals surface area contributed by atoms with Crippen LogP contribution in [0.15, 0.2) is 0 Å². The molecule has 19 heavy (non-hydrogen) atoms. The van der Waals surface area contributed by atoms with E-state index in [-0.39, 0.29) is 36.0 Å². The Balaban J connectivity index is 2.76. The quantitative estimate of drug-likeness (QED) is 0.582. The number of carbonyl (C=O) groups is 2. The number of ether oxygens (including phenoxy) is 2. The van der Waals surface area contributed by atoms with E-state index < -0.39 is 0 Å². The van der Waals surface area contributed by atoms with Crippen LogP contribution in [0.3, 0.4) is 0 Å². The third-order valence-electron chi connectivity index (χ3n) is 3.33. The number of esters is 2. The highest BCUT2D eigenvalue weighted by molar-refractivity contribution is 5.82. The van der Waals surface area contributed by atoms with Crippen LogP contribution >= 0.6 is 0 Å². The monoisotopic (exact) mass is 270 g/mol. The molecular weight excluding hydrogens is 244 g/mol. The Morgan fingerprint density at radius 2 is 1.16 bits per heavy atom. The van der Waals surface area contributed by atoms with Crippen LogP contribution in [-0.4, -0.2) is 24.1 Å². The molecule has 0 N–H and O–H groups in total. The second-order valence-corrected chi connectivity index (χ2v) is 5.82. The van der Waals surface area contributed by atoms with Crippen LogP contribution in [0.4, 0.5) is 0 Å². The van der Waals surface area contributed by atoms with Gasteiger partial charge >= 0.3 is 11.9 Å². The van der Waals surface area contributed by atoms with Crippen molar-refractivity contribution in [2.24, 2.45) is 11.8 Å². The first-order chi connectivity index (χ1) is 8.91. The molecule has 4 heteroatoms. The average molecular weight is 270 g/mol. The molecule has 2 unspecified atom stereocenters. The van der Waals surface area contributed by atoms with Gasteiger partial charge in [0.2, 0.25) is 0 Å². The summed E-state index contributed by atoms with van der Waals surface area (Å²) in [6.45, 7) is 7.32. The molecule has 1 fully saturated rings. The summed E-state index contributed by atoms with van der Waals surface area (Å²) in [5.74, 6) is -1.17. The van der Waals surface area contributed by atoms with Gasteiger partial charge in [-0.2, -0.15) is 0 Å². The third kappa shape index (κ3) is 5.21. The molecule has 0 aliphatic heterocycles. The predicted octanol–water partition coefficient (Wildman–Crippen LogP) is 3.09. The van der Waals surface area contributed by atoms with Crippen LogP contribution < -0.4 is 0 Å². The highest BCUT2D eigenvalue weighted by Crippen LogP contribution is 2.31. The van der Waals surface area contributed by atoms with Gasteiger partial charge < -0.3 is 9.47 Å². The third-order valence-corrected chi connectivity index (χ3v) is 3.33. The van der Waals surface area contributed by atoms with E-state index in [4.69, 9.17) is 9.47 Å². The van der Waals surface area contributed by atoms with Crippen LogP contribution in [0.2, 0.25) is 0 Å². The van der Waals surface area contributed by atoms with Gasteiger partial charge in [0, 0.05) is 0 Å². The first-order valence-electron chi connectivity index (χ1n) is 7.32. The normalized spacial score (nSPS) is 24.1. The SMILES string of the molecule is CC(C)OC(=O)C1CCCCCC1C(=O)OC(C)C. The Morgan fingerprint density at radius 1 is 0.789 bits per heavy atom. The van der Waals surface area contributed by atoms with Crippen molar-refractivity contribution in [3.05, 3.63) is 0 Å². The summed E-state index contributed by atoms with van der Waals surface area (Å²) in [4.78, 5) is 24.3. The second-order valence-electron chi connectivity index (χ2n) is 5.82. The van der Waals surface area contributed by atoms with E-state index in [2.05, 4.69) is 0 Å². The standard InChI is InChI=1S/C15H26O4/c1-10(2)18-14(16)12-8-6-5-7-9-13(12)15(17)19-11(3)4/h10-13H,5-9H2,1-4H3. The molecule has 0 radical (unpaired) electrons. The molecular formula is C15H26O4.